The number of sulfonamides is 1. The zero-order valence-electron chi connectivity index (χ0n) is 17.5. The number of carbonyl (C=O) groups excluding carboxylic acids is 1. The van der Waals surface area contributed by atoms with Gasteiger partial charge in [0.2, 0.25) is 15.9 Å². The number of amides is 1. The van der Waals surface area contributed by atoms with E-state index < -0.39 is 10.0 Å². The molecule has 28 heavy (non-hydrogen) atoms. The fraction of sp³-hybridized carbons (Fsp3) is 0.409. The molecule has 2 aromatic rings. The van der Waals surface area contributed by atoms with E-state index >= 15 is 0 Å². The van der Waals surface area contributed by atoms with Gasteiger partial charge in [-0.15, -0.1) is 0 Å². The molecule has 0 saturated heterocycles. The van der Waals surface area contributed by atoms with E-state index in [2.05, 4.69) is 19.2 Å². The Morgan fingerprint density at radius 1 is 1.11 bits per heavy atom. The maximum atomic E-state index is 13.2. The highest BCUT2D eigenvalue weighted by molar-refractivity contribution is 7.89. The van der Waals surface area contributed by atoms with Crippen molar-refractivity contribution < 1.29 is 13.2 Å². The zero-order valence-corrected chi connectivity index (χ0v) is 18.3. The fourth-order valence-corrected chi connectivity index (χ4v) is 4.17. The normalized spacial score (nSPS) is 14.0. The minimum Gasteiger partial charge on any atom is -0.325 e. The second-order valence-electron chi connectivity index (χ2n) is 7.46. The lowest BCUT2D eigenvalue weighted by Crippen LogP contribution is -2.27. The first kappa shape index (κ1) is 22.1. The molecule has 2 atom stereocenters. The van der Waals surface area contributed by atoms with E-state index in [9.17, 15) is 13.2 Å². The zero-order chi connectivity index (χ0) is 21.1. The van der Waals surface area contributed by atoms with Gasteiger partial charge < -0.3 is 5.32 Å². The molecule has 0 fully saturated rings. The van der Waals surface area contributed by atoms with Crippen molar-refractivity contribution in [1.29, 1.82) is 0 Å². The van der Waals surface area contributed by atoms with E-state index in [1.54, 1.807) is 12.1 Å². The lowest BCUT2D eigenvalue weighted by molar-refractivity contribution is -0.118. The molecule has 5 nitrogen and oxygen atoms in total. The van der Waals surface area contributed by atoms with Crippen LogP contribution in [0.15, 0.2) is 47.4 Å². The van der Waals surface area contributed by atoms with E-state index in [4.69, 9.17) is 0 Å². The minimum atomic E-state index is -3.59. The van der Waals surface area contributed by atoms with Crippen molar-refractivity contribution in [3.8, 4) is 0 Å². The van der Waals surface area contributed by atoms with Gasteiger partial charge in [-0.1, -0.05) is 50.6 Å². The molecule has 0 saturated carbocycles. The van der Waals surface area contributed by atoms with E-state index in [1.165, 1.54) is 18.4 Å². The fourth-order valence-electron chi connectivity index (χ4n) is 3.16. The quantitative estimate of drug-likeness (QED) is 0.750. The van der Waals surface area contributed by atoms with Gasteiger partial charge in [0.25, 0.3) is 0 Å². The number of hydrogen-bond donors (Lipinski definition) is 1. The highest BCUT2D eigenvalue weighted by atomic mass is 32.2. The van der Waals surface area contributed by atoms with Gasteiger partial charge in [-0.25, -0.2) is 12.7 Å². The molecular formula is C22H30N2O3S. The molecule has 0 aliphatic heterocycles. The van der Waals surface area contributed by atoms with Crippen LogP contribution in [0.4, 0.5) is 5.69 Å². The predicted molar refractivity (Wildman–Crippen MR) is 114 cm³/mol. The molecule has 0 aromatic heterocycles. The van der Waals surface area contributed by atoms with Crippen molar-refractivity contribution in [1.82, 2.24) is 4.31 Å². The second kappa shape index (κ2) is 8.88. The molecule has 1 N–H and O–H groups in total. The van der Waals surface area contributed by atoms with Crippen molar-refractivity contribution >= 4 is 21.6 Å². The molecule has 2 aromatic carbocycles. The summed E-state index contributed by atoms with van der Waals surface area (Å²) in [4.78, 5) is 13.4. The Bertz CT molecular complexity index is 938. The third-order valence-electron chi connectivity index (χ3n) is 5.33. The summed E-state index contributed by atoms with van der Waals surface area (Å²) in [6.07, 6.45) is 0.861. The number of benzene rings is 2. The molecule has 0 radical (unpaired) electrons. The van der Waals surface area contributed by atoms with Crippen LogP contribution in [0.2, 0.25) is 0 Å². The summed E-state index contributed by atoms with van der Waals surface area (Å²) in [5.41, 5.74) is 3.18. The van der Waals surface area contributed by atoms with E-state index in [-0.39, 0.29) is 22.6 Å². The summed E-state index contributed by atoms with van der Waals surface area (Å²) in [6, 6.07) is 12.9. The van der Waals surface area contributed by atoms with Crippen molar-refractivity contribution in [2.24, 2.45) is 5.92 Å². The monoisotopic (exact) mass is 402 g/mol. The third kappa shape index (κ3) is 4.62. The number of aryl methyl sites for hydroxylation is 1. The Kier molecular flexibility index (Phi) is 7.01. The van der Waals surface area contributed by atoms with Crippen molar-refractivity contribution in [3.63, 3.8) is 0 Å². The van der Waals surface area contributed by atoms with Crippen molar-refractivity contribution in [3.05, 3.63) is 59.2 Å². The molecular weight excluding hydrogens is 372 g/mol. The summed E-state index contributed by atoms with van der Waals surface area (Å²) < 4.78 is 26.3. The number of nitrogens with one attached hydrogen (secondary N) is 1. The van der Waals surface area contributed by atoms with Crippen LogP contribution in [0.25, 0.3) is 0 Å². The number of nitrogens with zero attached hydrogens (tertiary/aromatic N) is 1. The second-order valence-corrected chi connectivity index (χ2v) is 9.62. The molecule has 1 amide bonds. The Labute approximate surface area is 168 Å². The maximum Gasteiger partial charge on any atom is 0.242 e. The van der Waals surface area contributed by atoms with E-state index in [0.717, 1.165) is 23.1 Å². The molecule has 0 heterocycles. The lowest BCUT2D eigenvalue weighted by Gasteiger charge is -2.24. The summed E-state index contributed by atoms with van der Waals surface area (Å²) in [5, 5.41) is 2.99. The topological polar surface area (TPSA) is 66.5 Å². The molecule has 0 bridgehead atoms. The van der Waals surface area contributed by atoms with Gasteiger partial charge in [0.1, 0.15) is 0 Å². The van der Waals surface area contributed by atoms with Gasteiger partial charge in [0, 0.05) is 19.8 Å². The largest absolute Gasteiger partial charge is 0.325 e. The van der Waals surface area contributed by atoms with Crippen LogP contribution in [0, 0.1) is 19.8 Å². The van der Waals surface area contributed by atoms with Crippen LogP contribution in [0.5, 0.6) is 0 Å². The molecule has 0 aliphatic carbocycles. The molecule has 6 heteroatoms. The van der Waals surface area contributed by atoms with Crippen LogP contribution in [-0.2, 0) is 14.8 Å². The van der Waals surface area contributed by atoms with Crippen LogP contribution >= 0.6 is 0 Å². The highest BCUT2D eigenvalue weighted by Gasteiger charge is 2.27. The van der Waals surface area contributed by atoms with Crippen molar-refractivity contribution in [2.75, 3.05) is 19.4 Å². The number of hydrogen-bond acceptors (Lipinski definition) is 3. The summed E-state index contributed by atoms with van der Waals surface area (Å²) in [7, 11) is -0.591. The average molecular weight is 403 g/mol. The minimum absolute atomic E-state index is 0.123. The first-order valence-corrected chi connectivity index (χ1v) is 10.9. The Balaban J connectivity index is 2.45. The summed E-state index contributed by atoms with van der Waals surface area (Å²) in [6.45, 7) is 7.86. The van der Waals surface area contributed by atoms with Gasteiger partial charge >= 0.3 is 0 Å². The highest BCUT2D eigenvalue weighted by Crippen LogP contribution is 2.31. The Morgan fingerprint density at radius 3 is 2.25 bits per heavy atom. The first-order chi connectivity index (χ1) is 13.1. The maximum absolute atomic E-state index is 13.2. The predicted octanol–water partition coefficient (Wildman–Crippen LogP) is 4.32. The first-order valence-electron chi connectivity index (χ1n) is 9.49. The van der Waals surface area contributed by atoms with Crippen LogP contribution in [0.1, 0.15) is 42.9 Å². The Morgan fingerprint density at radius 2 is 1.71 bits per heavy atom. The smallest absolute Gasteiger partial charge is 0.242 e. The lowest BCUT2D eigenvalue weighted by atomic mass is 9.84. The van der Waals surface area contributed by atoms with Gasteiger partial charge in [-0.3, -0.25) is 4.79 Å². The van der Waals surface area contributed by atoms with Crippen LogP contribution in [0.3, 0.4) is 0 Å². The Hall–Kier alpha value is -2.18. The summed E-state index contributed by atoms with van der Waals surface area (Å²) in [5.74, 6) is -0.278. The standard InChI is InChI=1S/C22H30N2O3S/c1-7-15(2)21(18-11-9-8-10-12-18)22(25)23-20-14-19(13-16(3)17(20)4)28(26,27)24(5)6/h8-15,21H,7H2,1-6H3,(H,23,25). The van der Waals surface area contributed by atoms with Gasteiger partial charge in [-0.05, 0) is 48.6 Å². The van der Waals surface area contributed by atoms with Gasteiger partial charge in [-0.2, -0.15) is 0 Å². The van der Waals surface area contributed by atoms with Gasteiger partial charge in [0.05, 0.1) is 10.8 Å². The van der Waals surface area contributed by atoms with Gasteiger partial charge in [0.15, 0.2) is 0 Å². The van der Waals surface area contributed by atoms with E-state index in [1.807, 2.05) is 44.2 Å². The van der Waals surface area contributed by atoms with Crippen molar-refractivity contribution in [2.45, 2.75) is 44.9 Å². The number of carbonyl (C=O) groups is 1. The summed E-state index contributed by atoms with van der Waals surface area (Å²) >= 11 is 0. The van der Waals surface area contributed by atoms with Crippen LogP contribution < -0.4 is 5.32 Å². The third-order valence-corrected chi connectivity index (χ3v) is 7.12. The molecule has 2 unspecified atom stereocenters. The number of rotatable bonds is 7. The molecule has 0 spiro atoms. The SMILES string of the molecule is CCC(C)C(C(=O)Nc1cc(S(=O)(=O)N(C)C)cc(C)c1C)c1ccccc1. The molecule has 0 aliphatic rings. The van der Waals surface area contributed by atoms with Crippen LogP contribution in [-0.4, -0.2) is 32.7 Å². The number of anilines is 1. The average Bonchev–Trinajstić information content (AvgIpc) is 2.65. The molecule has 2 rings (SSSR count). The molecule has 152 valence electrons. The van der Waals surface area contributed by atoms with E-state index in [0.29, 0.717) is 5.69 Å².